The molecule has 0 saturated carbocycles. The predicted molar refractivity (Wildman–Crippen MR) is 60.5 cm³/mol. The second-order valence-corrected chi connectivity index (χ2v) is 3.85. The molecule has 1 amide bonds. The van der Waals surface area contributed by atoms with Crippen LogP contribution in [0.2, 0.25) is 0 Å². The smallest absolute Gasteiger partial charge is 0.339 e. The highest BCUT2D eigenvalue weighted by Gasteiger charge is 1.99. The third-order valence-electron chi connectivity index (χ3n) is 1.80. The average molecular weight is 219 g/mol. The summed E-state index contributed by atoms with van der Waals surface area (Å²) in [5, 5.41) is 5.97. The SMILES string of the molecule is NC(=O)n1ccc(C=Cc2cccs2)n1. The van der Waals surface area contributed by atoms with E-state index in [9.17, 15) is 4.79 Å². The lowest BCUT2D eigenvalue weighted by molar-refractivity contribution is 0.247. The van der Waals surface area contributed by atoms with E-state index in [0.717, 1.165) is 9.56 Å². The van der Waals surface area contributed by atoms with Crippen LogP contribution in [0.5, 0.6) is 0 Å². The molecule has 0 aliphatic heterocycles. The summed E-state index contributed by atoms with van der Waals surface area (Å²) in [5.41, 5.74) is 5.77. The second kappa shape index (κ2) is 4.10. The van der Waals surface area contributed by atoms with E-state index in [1.807, 2.05) is 29.7 Å². The van der Waals surface area contributed by atoms with Gasteiger partial charge in [0, 0.05) is 11.1 Å². The molecule has 5 heteroatoms. The third-order valence-corrected chi connectivity index (χ3v) is 2.63. The van der Waals surface area contributed by atoms with E-state index >= 15 is 0 Å². The molecule has 76 valence electrons. The van der Waals surface area contributed by atoms with E-state index < -0.39 is 6.03 Å². The lowest BCUT2D eigenvalue weighted by Gasteiger charge is -1.89. The summed E-state index contributed by atoms with van der Waals surface area (Å²) >= 11 is 1.64. The zero-order valence-electron chi connectivity index (χ0n) is 7.83. The number of thiophene rings is 1. The van der Waals surface area contributed by atoms with Crippen molar-refractivity contribution in [2.45, 2.75) is 0 Å². The van der Waals surface area contributed by atoms with Crippen LogP contribution in [0, 0.1) is 0 Å². The Kier molecular flexibility index (Phi) is 2.64. The van der Waals surface area contributed by atoms with E-state index in [1.54, 1.807) is 17.4 Å². The molecule has 2 N–H and O–H groups in total. The fourth-order valence-corrected chi connectivity index (χ4v) is 1.72. The first-order chi connectivity index (χ1) is 7.25. The van der Waals surface area contributed by atoms with Gasteiger partial charge in [-0.1, -0.05) is 6.07 Å². The van der Waals surface area contributed by atoms with Gasteiger partial charge in [-0.25, -0.2) is 4.79 Å². The van der Waals surface area contributed by atoms with Crippen LogP contribution in [0.15, 0.2) is 29.8 Å². The average Bonchev–Trinajstić information content (AvgIpc) is 2.86. The number of nitrogens with two attached hydrogens (primary N) is 1. The first kappa shape index (κ1) is 9.67. The van der Waals surface area contributed by atoms with Crippen LogP contribution in [0.4, 0.5) is 4.79 Å². The topological polar surface area (TPSA) is 60.9 Å². The van der Waals surface area contributed by atoms with Crippen molar-refractivity contribution in [1.82, 2.24) is 9.78 Å². The molecule has 0 unspecified atom stereocenters. The first-order valence-corrected chi connectivity index (χ1v) is 5.21. The van der Waals surface area contributed by atoms with Crippen molar-refractivity contribution >= 4 is 29.5 Å². The molecular formula is C10H9N3OS. The largest absolute Gasteiger partial charge is 0.350 e. The number of amides is 1. The lowest BCUT2D eigenvalue weighted by Crippen LogP contribution is -2.19. The van der Waals surface area contributed by atoms with Crippen molar-refractivity contribution in [3.8, 4) is 0 Å². The minimum absolute atomic E-state index is 0.578. The molecule has 0 aliphatic rings. The Morgan fingerprint density at radius 1 is 1.47 bits per heavy atom. The Morgan fingerprint density at radius 2 is 2.33 bits per heavy atom. The summed E-state index contributed by atoms with van der Waals surface area (Å²) < 4.78 is 1.11. The fraction of sp³-hybridized carbons (Fsp3) is 0. The molecule has 15 heavy (non-hydrogen) atoms. The number of aromatic nitrogens is 2. The van der Waals surface area contributed by atoms with Gasteiger partial charge in [-0.3, -0.25) is 0 Å². The molecule has 0 radical (unpaired) electrons. The summed E-state index contributed by atoms with van der Waals surface area (Å²) in [6, 6.07) is 5.14. The Hall–Kier alpha value is -1.88. The summed E-state index contributed by atoms with van der Waals surface area (Å²) in [6.45, 7) is 0. The summed E-state index contributed by atoms with van der Waals surface area (Å²) in [7, 11) is 0. The normalized spacial score (nSPS) is 10.9. The molecule has 0 aromatic carbocycles. The maximum Gasteiger partial charge on any atom is 0.339 e. The monoisotopic (exact) mass is 219 g/mol. The predicted octanol–water partition coefficient (Wildman–Crippen LogP) is 2.04. The molecule has 0 fully saturated rings. The van der Waals surface area contributed by atoms with E-state index in [0.29, 0.717) is 5.69 Å². The molecule has 0 atom stereocenters. The minimum Gasteiger partial charge on any atom is -0.350 e. The molecule has 2 heterocycles. The van der Waals surface area contributed by atoms with Crippen LogP contribution in [0.3, 0.4) is 0 Å². The fourth-order valence-electron chi connectivity index (χ4n) is 1.10. The van der Waals surface area contributed by atoms with E-state index in [2.05, 4.69) is 5.10 Å². The Bertz CT molecular complexity index is 485. The molecule has 0 spiro atoms. The quantitative estimate of drug-likeness (QED) is 0.840. The van der Waals surface area contributed by atoms with Crippen LogP contribution >= 0.6 is 11.3 Å². The van der Waals surface area contributed by atoms with Gasteiger partial charge in [-0.2, -0.15) is 9.78 Å². The van der Waals surface area contributed by atoms with Crippen molar-refractivity contribution < 1.29 is 4.79 Å². The van der Waals surface area contributed by atoms with Gasteiger partial charge in [0.15, 0.2) is 0 Å². The van der Waals surface area contributed by atoms with E-state index in [-0.39, 0.29) is 0 Å². The molecule has 2 aromatic heterocycles. The van der Waals surface area contributed by atoms with Crippen LogP contribution in [0.1, 0.15) is 10.6 Å². The van der Waals surface area contributed by atoms with Crippen LogP contribution in [-0.2, 0) is 0 Å². The number of carbonyl (C=O) groups excluding carboxylic acids is 1. The van der Waals surface area contributed by atoms with Crippen LogP contribution in [-0.4, -0.2) is 15.8 Å². The van der Waals surface area contributed by atoms with Gasteiger partial charge < -0.3 is 5.73 Å². The molecule has 0 bridgehead atoms. The molecule has 2 aromatic rings. The van der Waals surface area contributed by atoms with Gasteiger partial charge in [-0.05, 0) is 29.7 Å². The summed E-state index contributed by atoms with van der Waals surface area (Å²) in [5.74, 6) is 0. The standard InChI is InChI=1S/C10H9N3OS/c11-10(14)13-6-5-8(12-13)3-4-9-2-1-7-15-9/h1-7H,(H2,11,14). The Morgan fingerprint density at radius 3 is 2.93 bits per heavy atom. The van der Waals surface area contributed by atoms with E-state index in [1.165, 1.54) is 6.20 Å². The minimum atomic E-state index is -0.578. The molecule has 0 aliphatic carbocycles. The number of hydrogen-bond donors (Lipinski definition) is 1. The summed E-state index contributed by atoms with van der Waals surface area (Å²) in [4.78, 5) is 11.9. The van der Waals surface area contributed by atoms with Gasteiger partial charge in [0.1, 0.15) is 0 Å². The number of nitrogens with zero attached hydrogens (tertiary/aromatic N) is 2. The molecule has 4 nitrogen and oxygen atoms in total. The van der Waals surface area contributed by atoms with Gasteiger partial charge in [-0.15, -0.1) is 11.3 Å². The maximum absolute atomic E-state index is 10.7. The van der Waals surface area contributed by atoms with Gasteiger partial charge in [0.05, 0.1) is 5.69 Å². The lowest BCUT2D eigenvalue weighted by atomic mass is 10.3. The maximum atomic E-state index is 10.7. The Labute approximate surface area is 90.6 Å². The number of carbonyl (C=O) groups is 1. The third kappa shape index (κ3) is 2.32. The first-order valence-electron chi connectivity index (χ1n) is 4.33. The van der Waals surface area contributed by atoms with Gasteiger partial charge in [0.2, 0.25) is 0 Å². The zero-order chi connectivity index (χ0) is 10.7. The number of hydrogen-bond acceptors (Lipinski definition) is 3. The highest BCUT2D eigenvalue weighted by Crippen LogP contribution is 2.12. The highest BCUT2D eigenvalue weighted by molar-refractivity contribution is 7.10. The van der Waals surface area contributed by atoms with Crippen LogP contribution < -0.4 is 5.73 Å². The number of primary amides is 1. The molecular weight excluding hydrogens is 210 g/mol. The molecule has 2 rings (SSSR count). The molecule has 0 saturated heterocycles. The van der Waals surface area contributed by atoms with E-state index in [4.69, 9.17) is 5.73 Å². The Balaban J connectivity index is 2.14. The highest BCUT2D eigenvalue weighted by atomic mass is 32.1. The van der Waals surface area contributed by atoms with Crippen molar-refractivity contribution in [2.75, 3.05) is 0 Å². The van der Waals surface area contributed by atoms with Crippen molar-refractivity contribution in [2.24, 2.45) is 5.73 Å². The second-order valence-electron chi connectivity index (χ2n) is 2.87. The van der Waals surface area contributed by atoms with Gasteiger partial charge >= 0.3 is 6.03 Å². The summed E-state index contributed by atoms with van der Waals surface area (Å²) in [6.07, 6.45) is 5.32. The van der Waals surface area contributed by atoms with Crippen molar-refractivity contribution in [3.63, 3.8) is 0 Å². The zero-order valence-corrected chi connectivity index (χ0v) is 8.65. The van der Waals surface area contributed by atoms with Gasteiger partial charge in [0.25, 0.3) is 0 Å². The van der Waals surface area contributed by atoms with Crippen LogP contribution in [0.25, 0.3) is 12.2 Å². The number of rotatable bonds is 2. The van der Waals surface area contributed by atoms with Crippen molar-refractivity contribution in [3.05, 3.63) is 40.3 Å². The van der Waals surface area contributed by atoms with Crippen molar-refractivity contribution in [1.29, 1.82) is 0 Å².